The number of methoxy groups -OCH3 is 1. The molecule has 0 aliphatic carbocycles. The third-order valence-corrected chi connectivity index (χ3v) is 3.21. The normalized spacial score (nSPS) is 10.7. The highest BCUT2D eigenvalue weighted by Crippen LogP contribution is 2.30. The van der Waals surface area contributed by atoms with E-state index in [0.29, 0.717) is 6.54 Å². The first kappa shape index (κ1) is 13.6. The molecule has 2 rings (SSSR count). The fourth-order valence-electron chi connectivity index (χ4n) is 2.08. The lowest BCUT2D eigenvalue weighted by Gasteiger charge is -2.08. The number of benzene rings is 1. The van der Waals surface area contributed by atoms with Gasteiger partial charge in [-0.25, -0.2) is 0 Å². The van der Waals surface area contributed by atoms with Crippen molar-refractivity contribution in [2.75, 3.05) is 13.7 Å². The zero-order chi connectivity index (χ0) is 13.7. The molecular formula is C15H21N3O. The zero-order valence-electron chi connectivity index (χ0n) is 11.6. The van der Waals surface area contributed by atoms with Crippen LogP contribution in [0.4, 0.5) is 0 Å². The molecular weight excluding hydrogens is 238 g/mol. The second-order valence-corrected chi connectivity index (χ2v) is 4.52. The molecule has 0 aliphatic heterocycles. The second-order valence-electron chi connectivity index (χ2n) is 4.52. The molecule has 1 aromatic heterocycles. The van der Waals surface area contributed by atoms with Gasteiger partial charge in [-0.3, -0.25) is 4.68 Å². The van der Waals surface area contributed by atoms with Gasteiger partial charge in [0.05, 0.1) is 13.3 Å². The lowest BCUT2D eigenvalue weighted by Crippen LogP contribution is -2.05. The standard InChI is InChI=1S/C15H21N3O/c1-3-12-5-6-15(19-2)14(9-12)13-10-17-18(11-13)8-4-7-16/h5-6,9-11H,3-4,7-8,16H2,1-2H3. The minimum absolute atomic E-state index is 0.684. The van der Waals surface area contributed by atoms with Crippen molar-refractivity contribution >= 4 is 0 Å². The molecule has 102 valence electrons. The van der Waals surface area contributed by atoms with Crippen LogP contribution in [-0.4, -0.2) is 23.4 Å². The predicted octanol–water partition coefficient (Wildman–Crippen LogP) is 2.47. The zero-order valence-corrected chi connectivity index (χ0v) is 11.6. The summed E-state index contributed by atoms with van der Waals surface area (Å²) in [4.78, 5) is 0. The van der Waals surface area contributed by atoms with Gasteiger partial charge in [-0.15, -0.1) is 0 Å². The topological polar surface area (TPSA) is 53.1 Å². The van der Waals surface area contributed by atoms with Gasteiger partial charge < -0.3 is 10.5 Å². The highest BCUT2D eigenvalue weighted by Gasteiger charge is 2.09. The maximum Gasteiger partial charge on any atom is 0.126 e. The summed E-state index contributed by atoms with van der Waals surface area (Å²) in [6.07, 6.45) is 5.88. The van der Waals surface area contributed by atoms with Gasteiger partial charge in [0.1, 0.15) is 5.75 Å². The molecule has 0 fully saturated rings. The summed E-state index contributed by atoms with van der Waals surface area (Å²) < 4.78 is 7.36. The van der Waals surface area contributed by atoms with Crippen molar-refractivity contribution < 1.29 is 4.74 Å². The molecule has 4 nitrogen and oxygen atoms in total. The minimum Gasteiger partial charge on any atom is -0.496 e. The molecule has 0 bridgehead atoms. The summed E-state index contributed by atoms with van der Waals surface area (Å²) in [6.45, 7) is 3.69. The lowest BCUT2D eigenvalue weighted by molar-refractivity contribution is 0.416. The van der Waals surface area contributed by atoms with E-state index in [0.717, 1.165) is 36.3 Å². The highest BCUT2D eigenvalue weighted by molar-refractivity contribution is 5.70. The van der Waals surface area contributed by atoms with Gasteiger partial charge in [-0.1, -0.05) is 13.0 Å². The number of hydrogen-bond donors (Lipinski definition) is 1. The Balaban J connectivity index is 2.31. The first-order valence-corrected chi connectivity index (χ1v) is 6.68. The summed E-state index contributed by atoms with van der Waals surface area (Å²) in [6, 6.07) is 6.29. The van der Waals surface area contributed by atoms with Crippen molar-refractivity contribution in [2.45, 2.75) is 26.3 Å². The molecule has 0 amide bonds. The van der Waals surface area contributed by atoms with Crippen LogP contribution in [0.1, 0.15) is 18.9 Å². The van der Waals surface area contributed by atoms with E-state index in [-0.39, 0.29) is 0 Å². The molecule has 1 aromatic carbocycles. The van der Waals surface area contributed by atoms with Crippen LogP contribution in [0.3, 0.4) is 0 Å². The number of ether oxygens (including phenoxy) is 1. The van der Waals surface area contributed by atoms with Gasteiger partial charge in [0, 0.05) is 23.9 Å². The fraction of sp³-hybridized carbons (Fsp3) is 0.400. The van der Waals surface area contributed by atoms with Crippen LogP contribution in [0.2, 0.25) is 0 Å². The van der Waals surface area contributed by atoms with Gasteiger partial charge in [0.2, 0.25) is 0 Å². The van der Waals surface area contributed by atoms with Crippen LogP contribution in [0, 0.1) is 0 Å². The Kier molecular flexibility index (Phi) is 4.58. The summed E-state index contributed by atoms with van der Waals surface area (Å²) in [7, 11) is 1.70. The van der Waals surface area contributed by atoms with Crippen LogP contribution in [0.5, 0.6) is 5.75 Å². The molecule has 2 N–H and O–H groups in total. The Hall–Kier alpha value is -1.81. The number of aromatic nitrogens is 2. The van der Waals surface area contributed by atoms with E-state index < -0.39 is 0 Å². The van der Waals surface area contributed by atoms with Crippen LogP contribution in [0.15, 0.2) is 30.6 Å². The van der Waals surface area contributed by atoms with Gasteiger partial charge >= 0.3 is 0 Å². The van der Waals surface area contributed by atoms with Crippen LogP contribution in [0.25, 0.3) is 11.1 Å². The molecule has 1 heterocycles. The number of rotatable bonds is 6. The molecule has 0 saturated carbocycles. The van der Waals surface area contributed by atoms with Crippen LogP contribution < -0.4 is 10.5 Å². The fourth-order valence-corrected chi connectivity index (χ4v) is 2.08. The van der Waals surface area contributed by atoms with Crippen LogP contribution in [-0.2, 0) is 13.0 Å². The van der Waals surface area contributed by atoms with Crippen molar-refractivity contribution in [3.63, 3.8) is 0 Å². The average molecular weight is 259 g/mol. The molecule has 0 atom stereocenters. The Morgan fingerprint density at radius 3 is 2.89 bits per heavy atom. The van der Waals surface area contributed by atoms with Crippen molar-refractivity contribution in [1.29, 1.82) is 0 Å². The summed E-state index contributed by atoms with van der Waals surface area (Å²) in [5.41, 5.74) is 9.00. The Bertz CT molecular complexity index is 534. The SMILES string of the molecule is CCc1ccc(OC)c(-c2cnn(CCCN)c2)c1. The number of nitrogens with two attached hydrogens (primary N) is 1. The Morgan fingerprint density at radius 2 is 2.21 bits per heavy atom. The number of hydrogen-bond acceptors (Lipinski definition) is 3. The van der Waals surface area contributed by atoms with E-state index in [4.69, 9.17) is 10.5 Å². The number of nitrogens with zero attached hydrogens (tertiary/aromatic N) is 2. The van der Waals surface area contributed by atoms with Crippen molar-refractivity contribution in [1.82, 2.24) is 9.78 Å². The summed E-state index contributed by atoms with van der Waals surface area (Å²) in [5.74, 6) is 0.885. The second kappa shape index (κ2) is 6.38. The Morgan fingerprint density at radius 1 is 1.37 bits per heavy atom. The first-order valence-electron chi connectivity index (χ1n) is 6.68. The first-order chi connectivity index (χ1) is 9.28. The molecule has 19 heavy (non-hydrogen) atoms. The molecule has 0 aliphatic rings. The number of aryl methyl sites for hydroxylation is 2. The molecule has 0 spiro atoms. The highest BCUT2D eigenvalue weighted by atomic mass is 16.5. The van der Waals surface area contributed by atoms with Gasteiger partial charge in [0.15, 0.2) is 0 Å². The van der Waals surface area contributed by atoms with Crippen molar-refractivity contribution in [3.8, 4) is 16.9 Å². The van der Waals surface area contributed by atoms with E-state index in [1.165, 1.54) is 5.56 Å². The quantitative estimate of drug-likeness (QED) is 0.867. The molecule has 0 radical (unpaired) electrons. The average Bonchev–Trinajstić information content (AvgIpc) is 2.93. The maximum absolute atomic E-state index is 5.52. The lowest BCUT2D eigenvalue weighted by atomic mass is 10.0. The van der Waals surface area contributed by atoms with E-state index in [1.54, 1.807) is 7.11 Å². The van der Waals surface area contributed by atoms with E-state index in [2.05, 4.69) is 24.2 Å². The molecule has 0 saturated heterocycles. The van der Waals surface area contributed by atoms with Crippen molar-refractivity contribution in [2.24, 2.45) is 5.73 Å². The van der Waals surface area contributed by atoms with E-state index >= 15 is 0 Å². The summed E-state index contributed by atoms with van der Waals surface area (Å²) in [5, 5.41) is 4.37. The van der Waals surface area contributed by atoms with E-state index in [1.807, 2.05) is 23.1 Å². The van der Waals surface area contributed by atoms with Gasteiger partial charge in [-0.05, 0) is 37.1 Å². The third-order valence-electron chi connectivity index (χ3n) is 3.21. The minimum atomic E-state index is 0.684. The predicted molar refractivity (Wildman–Crippen MR) is 77.3 cm³/mol. The molecule has 2 aromatic rings. The van der Waals surface area contributed by atoms with Gasteiger partial charge in [-0.2, -0.15) is 5.10 Å². The van der Waals surface area contributed by atoms with Gasteiger partial charge in [0.25, 0.3) is 0 Å². The van der Waals surface area contributed by atoms with E-state index in [9.17, 15) is 0 Å². The summed E-state index contributed by atoms with van der Waals surface area (Å²) >= 11 is 0. The maximum atomic E-state index is 5.52. The molecule has 4 heteroatoms. The molecule has 0 unspecified atom stereocenters. The van der Waals surface area contributed by atoms with Crippen LogP contribution >= 0.6 is 0 Å². The largest absolute Gasteiger partial charge is 0.496 e. The monoisotopic (exact) mass is 259 g/mol. The Labute approximate surface area is 114 Å². The smallest absolute Gasteiger partial charge is 0.126 e. The third kappa shape index (κ3) is 3.15. The van der Waals surface area contributed by atoms with Crippen molar-refractivity contribution in [3.05, 3.63) is 36.2 Å².